The Bertz CT molecular complexity index is 513. The van der Waals surface area contributed by atoms with Crippen LogP contribution < -0.4 is 0 Å². The van der Waals surface area contributed by atoms with Crippen LogP contribution in [0.25, 0.3) is 0 Å². The first-order valence-electron chi connectivity index (χ1n) is 7.08. The van der Waals surface area contributed by atoms with Gasteiger partial charge in [-0.2, -0.15) is 0 Å². The summed E-state index contributed by atoms with van der Waals surface area (Å²) in [4.78, 5) is 1.17. The Balaban J connectivity index is 1.84. The van der Waals surface area contributed by atoms with Gasteiger partial charge in [-0.3, -0.25) is 0 Å². The average molecular weight is 295 g/mol. The molecule has 4 nitrogen and oxygen atoms in total. The van der Waals surface area contributed by atoms with Gasteiger partial charge < -0.3 is 14.7 Å². The van der Waals surface area contributed by atoms with Crippen LogP contribution in [-0.4, -0.2) is 28.2 Å². The van der Waals surface area contributed by atoms with E-state index < -0.39 is 5.60 Å². The van der Waals surface area contributed by atoms with Gasteiger partial charge in [-0.25, -0.2) is 0 Å². The molecule has 2 bridgehead atoms. The lowest BCUT2D eigenvalue weighted by molar-refractivity contribution is -0.0956. The molecule has 1 aromatic rings. The van der Waals surface area contributed by atoms with Crippen molar-refractivity contribution in [2.75, 3.05) is 0 Å². The molecule has 2 aliphatic rings. The molecule has 0 unspecified atom stereocenters. The molecule has 5 heteroatoms. The van der Waals surface area contributed by atoms with Crippen LogP contribution in [0.3, 0.4) is 0 Å². The molecule has 3 rings (SSSR count). The minimum Gasteiger partial charge on any atom is -0.411 e. The van der Waals surface area contributed by atoms with Crippen molar-refractivity contribution in [2.45, 2.75) is 57.5 Å². The summed E-state index contributed by atoms with van der Waals surface area (Å²) in [5.74, 6) is 0.269. The Morgan fingerprint density at radius 2 is 2.35 bits per heavy atom. The zero-order valence-corrected chi connectivity index (χ0v) is 12.9. The second kappa shape index (κ2) is 4.83. The maximum absolute atomic E-state index is 9.47. The smallest absolute Gasteiger partial charge is 0.131 e. The van der Waals surface area contributed by atoms with Crippen molar-refractivity contribution >= 4 is 17.0 Å². The summed E-state index contributed by atoms with van der Waals surface area (Å²) in [5.41, 5.74) is -0.162. The van der Waals surface area contributed by atoms with Gasteiger partial charge in [0.25, 0.3) is 0 Å². The standard InChI is InChI=1S/C15H21NO3S/c1-10(2)15-7-6-14(3,19-15)13(12(15)16-17)18-9-11-5-4-8-20-11/h4-5,8,10,13,17H,6-7,9H2,1-3H3/b16-12+/t13-,14+,15+/m1/s1. The molecular weight excluding hydrogens is 274 g/mol. The third-order valence-corrected chi connectivity index (χ3v) is 5.51. The van der Waals surface area contributed by atoms with Gasteiger partial charge in [0.15, 0.2) is 0 Å². The summed E-state index contributed by atoms with van der Waals surface area (Å²) < 4.78 is 12.3. The fourth-order valence-corrected chi connectivity index (χ4v) is 4.11. The van der Waals surface area contributed by atoms with E-state index in [1.807, 2.05) is 11.4 Å². The number of rotatable bonds is 4. The van der Waals surface area contributed by atoms with Gasteiger partial charge in [-0.05, 0) is 37.1 Å². The van der Waals surface area contributed by atoms with Crippen LogP contribution in [0.15, 0.2) is 22.7 Å². The summed E-state index contributed by atoms with van der Waals surface area (Å²) >= 11 is 1.67. The summed E-state index contributed by atoms with van der Waals surface area (Å²) in [6, 6.07) is 4.06. The molecule has 1 N–H and O–H groups in total. The maximum Gasteiger partial charge on any atom is 0.131 e. The van der Waals surface area contributed by atoms with E-state index in [1.165, 1.54) is 4.88 Å². The Labute approximate surface area is 123 Å². The summed E-state index contributed by atoms with van der Waals surface area (Å²) in [6.45, 7) is 6.82. The molecule has 0 aromatic carbocycles. The summed E-state index contributed by atoms with van der Waals surface area (Å²) in [7, 11) is 0. The van der Waals surface area contributed by atoms with Crippen LogP contribution >= 0.6 is 11.3 Å². The van der Waals surface area contributed by atoms with E-state index in [2.05, 4.69) is 32.0 Å². The van der Waals surface area contributed by atoms with Crippen LogP contribution in [0.1, 0.15) is 38.5 Å². The lowest BCUT2D eigenvalue weighted by Crippen LogP contribution is -2.48. The van der Waals surface area contributed by atoms with Crippen molar-refractivity contribution < 1.29 is 14.7 Å². The molecule has 0 radical (unpaired) electrons. The van der Waals surface area contributed by atoms with E-state index in [0.29, 0.717) is 12.3 Å². The predicted octanol–water partition coefficient (Wildman–Crippen LogP) is 3.44. The number of thiophene rings is 1. The van der Waals surface area contributed by atoms with E-state index >= 15 is 0 Å². The average Bonchev–Trinajstić information content (AvgIpc) is 3.07. The highest BCUT2D eigenvalue weighted by atomic mass is 32.1. The molecule has 0 saturated carbocycles. The molecule has 0 spiro atoms. The molecule has 20 heavy (non-hydrogen) atoms. The Kier molecular flexibility index (Phi) is 3.39. The second-order valence-corrected chi connectivity index (χ2v) is 7.25. The third kappa shape index (κ3) is 1.91. The molecular formula is C15H21NO3S. The number of ether oxygens (including phenoxy) is 2. The minimum absolute atomic E-state index is 0.259. The molecule has 3 heterocycles. The molecule has 2 fully saturated rings. The lowest BCUT2D eigenvalue weighted by atomic mass is 9.74. The quantitative estimate of drug-likeness (QED) is 0.684. The van der Waals surface area contributed by atoms with E-state index in [9.17, 15) is 5.21 Å². The Morgan fingerprint density at radius 3 is 2.95 bits per heavy atom. The highest BCUT2D eigenvalue weighted by molar-refractivity contribution is 7.09. The lowest BCUT2D eigenvalue weighted by Gasteiger charge is -2.32. The van der Waals surface area contributed by atoms with Gasteiger partial charge in [-0.15, -0.1) is 11.3 Å². The zero-order chi connectivity index (χ0) is 14.4. The Hall–Kier alpha value is -0.910. The largest absolute Gasteiger partial charge is 0.411 e. The van der Waals surface area contributed by atoms with Crippen molar-refractivity contribution in [2.24, 2.45) is 11.1 Å². The SMILES string of the molecule is CC(C)[C@]12CC[C@](C)(O1)[C@H](OCc1cccs1)/C2=N\O. The number of fused-ring (bicyclic) bond motifs is 2. The fourth-order valence-electron chi connectivity index (χ4n) is 3.48. The van der Waals surface area contributed by atoms with E-state index in [4.69, 9.17) is 9.47 Å². The molecule has 2 saturated heterocycles. The van der Waals surface area contributed by atoms with Crippen molar-refractivity contribution in [1.29, 1.82) is 0 Å². The van der Waals surface area contributed by atoms with Crippen LogP contribution in [0.2, 0.25) is 0 Å². The fraction of sp³-hybridized carbons (Fsp3) is 0.667. The van der Waals surface area contributed by atoms with Crippen molar-refractivity contribution in [3.05, 3.63) is 22.4 Å². The first-order valence-corrected chi connectivity index (χ1v) is 7.96. The van der Waals surface area contributed by atoms with Crippen LogP contribution in [0, 0.1) is 5.92 Å². The highest BCUT2D eigenvalue weighted by Gasteiger charge is 2.65. The molecule has 1 aromatic heterocycles. The van der Waals surface area contributed by atoms with Crippen molar-refractivity contribution in [3.8, 4) is 0 Å². The van der Waals surface area contributed by atoms with Gasteiger partial charge in [0.2, 0.25) is 0 Å². The maximum atomic E-state index is 9.47. The molecule has 0 amide bonds. The number of nitrogens with zero attached hydrogens (tertiary/aromatic N) is 1. The van der Waals surface area contributed by atoms with Crippen molar-refractivity contribution in [1.82, 2.24) is 0 Å². The van der Waals surface area contributed by atoms with Crippen LogP contribution in [0.4, 0.5) is 0 Å². The van der Waals surface area contributed by atoms with Gasteiger partial charge in [0, 0.05) is 4.88 Å². The van der Waals surface area contributed by atoms with Crippen LogP contribution in [-0.2, 0) is 16.1 Å². The minimum atomic E-state index is -0.455. The van der Waals surface area contributed by atoms with Crippen molar-refractivity contribution in [3.63, 3.8) is 0 Å². The molecule has 0 aliphatic carbocycles. The third-order valence-electron chi connectivity index (χ3n) is 4.66. The summed E-state index contributed by atoms with van der Waals surface area (Å²) in [5, 5.41) is 15.1. The topological polar surface area (TPSA) is 51.0 Å². The predicted molar refractivity (Wildman–Crippen MR) is 78.4 cm³/mol. The van der Waals surface area contributed by atoms with Gasteiger partial charge in [-0.1, -0.05) is 25.1 Å². The normalized spacial score (nSPS) is 38.2. The summed E-state index contributed by atoms with van der Waals surface area (Å²) in [6.07, 6.45) is 1.59. The monoisotopic (exact) mass is 295 g/mol. The number of hydrogen-bond acceptors (Lipinski definition) is 5. The Morgan fingerprint density at radius 1 is 1.55 bits per heavy atom. The second-order valence-electron chi connectivity index (χ2n) is 6.21. The molecule has 3 atom stereocenters. The number of oxime groups is 1. The zero-order valence-electron chi connectivity index (χ0n) is 12.1. The van der Waals surface area contributed by atoms with E-state index in [-0.39, 0.29) is 17.6 Å². The van der Waals surface area contributed by atoms with E-state index in [1.54, 1.807) is 11.3 Å². The van der Waals surface area contributed by atoms with E-state index in [0.717, 1.165) is 12.8 Å². The van der Waals surface area contributed by atoms with Gasteiger partial charge in [0.05, 0.1) is 12.2 Å². The van der Waals surface area contributed by atoms with Crippen LogP contribution in [0.5, 0.6) is 0 Å². The van der Waals surface area contributed by atoms with Gasteiger partial charge >= 0.3 is 0 Å². The number of hydrogen-bond donors (Lipinski definition) is 1. The first kappa shape index (κ1) is 14.0. The molecule has 2 aliphatic heterocycles. The van der Waals surface area contributed by atoms with Gasteiger partial charge in [0.1, 0.15) is 17.4 Å². The molecule has 110 valence electrons. The first-order chi connectivity index (χ1) is 9.52. The highest BCUT2D eigenvalue weighted by Crippen LogP contribution is 2.53.